The summed E-state index contributed by atoms with van der Waals surface area (Å²) in [6.07, 6.45) is 1.48. The molecule has 0 bridgehead atoms. The third-order valence-corrected chi connectivity index (χ3v) is 2.85. The van der Waals surface area contributed by atoms with Crippen molar-refractivity contribution >= 4 is 5.97 Å². The number of carboxylic acids is 1. The van der Waals surface area contributed by atoms with Crippen molar-refractivity contribution in [2.75, 3.05) is 0 Å². The van der Waals surface area contributed by atoms with E-state index in [-0.39, 0.29) is 12.1 Å². The lowest BCUT2D eigenvalue weighted by Crippen LogP contribution is -2.41. The van der Waals surface area contributed by atoms with E-state index >= 15 is 0 Å². The molecule has 0 fully saturated rings. The van der Waals surface area contributed by atoms with Crippen LogP contribution in [0.15, 0.2) is 24.3 Å². The van der Waals surface area contributed by atoms with Gasteiger partial charge < -0.3 is 15.2 Å². The van der Waals surface area contributed by atoms with E-state index < -0.39 is 12.0 Å². The van der Waals surface area contributed by atoms with Gasteiger partial charge in [-0.1, -0.05) is 26.0 Å². The Hall–Kier alpha value is -1.55. The molecule has 0 spiro atoms. The summed E-state index contributed by atoms with van der Waals surface area (Å²) < 4.78 is 5.58. The van der Waals surface area contributed by atoms with Gasteiger partial charge in [0, 0.05) is 6.04 Å². The van der Waals surface area contributed by atoms with Crippen molar-refractivity contribution < 1.29 is 14.6 Å². The molecule has 4 nitrogen and oxygen atoms in total. The lowest BCUT2D eigenvalue weighted by molar-refractivity contribution is -0.139. The van der Waals surface area contributed by atoms with Crippen molar-refractivity contribution in [3.8, 4) is 5.75 Å². The van der Waals surface area contributed by atoms with E-state index in [0.717, 1.165) is 17.7 Å². The van der Waals surface area contributed by atoms with Crippen LogP contribution in [0.25, 0.3) is 0 Å². The maximum Gasteiger partial charge on any atom is 0.320 e. The van der Waals surface area contributed by atoms with E-state index in [9.17, 15) is 4.79 Å². The van der Waals surface area contributed by atoms with Crippen LogP contribution >= 0.6 is 0 Å². The summed E-state index contributed by atoms with van der Waals surface area (Å²) in [5, 5.41) is 12.2. The number of hydrogen-bond acceptors (Lipinski definition) is 3. The molecular formula is C16H25NO3. The molecule has 20 heavy (non-hydrogen) atoms. The molecular weight excluding hydrogens is 254 g/mol. The minimum atomic E-state index is -0.793. The molecule has 0 aliphatic rings. The third-order valence-electron chi connectivity index (χ3n) is 2.85. The van der Waals surface area contributed by atoms with E-state index in [1.165, 1.54) is 0 Å². The second kappa shape index (κ2) is 7.90. The standard InChI is InChI=1S/C16H25NO3/c1-11(2)17-15(16(18)19)10-7-13-5-8-14(9-6-13)20-12(3)4/h5-6,8-9,11-12,15,17H,7,10H2,1-4H3,(H,18,19)/t15-/m1/s1. The number of hydrogen-bond donors (Lipinski definition) is 2. The average Bonchev–Trinajstić information content (AvgIpc) is 2.34. The molecule has 0 unspecified atom stereocenters. The Kier molecular flexibility index (Phi) is 6.52. The molecule has 1 aromatic rings. The van der Waals surface area contributed by atoms with Crippen LogP contribution < -0.4 is 10.1 Å². The predicted molar refractivity (Wildman–Crippen MR) is 80.2 cm³/mol. The topological polar surface area (TPSA) is 58.6 Å². The lowest BCUT2D eigenvalue weighted by Gasteiger charge is -2.17. The number of benzene rings is 1. The van der Waals surface area contributed by atoms with E-state index in [0.29, 0.717) is 6.42 Å². The fourth-order valence-electron chi connectivity index (χ4n) is 2.00. The van der Waals surface area contributed by atoms with Gasteiger partial charge in [0.25, 0.3) is 0 Å². The predicted octanol–water partition coefficient (Wildman–Crippen LogP) is 2.86. The molecule has 112 valence electrons. The van der Waals surface area contributed by atoms with Crippen molar-refractivity contribution in [1.82, 2.24) is 5.32 Å². The zero-order chi connectivity index (χ0) is 15.1. The maximum absolute atomic E-state index is 11.1. The first kappa shape index (κ1) is 16.5. The minimum Gasteiger partial charge on any atom is -0.491 e. The van der Waals surface area contributed by atoms with Gasteiger partial charge in [-0.25, -0.2) is 0 Å². The maximum atomic E-state index is 11.1. The molecule has 0 aromatic heterocycles. The van der Waals surface area contributed by atoms with Gasteiger partial charge >= 0.3 is 5.97 Å². The second-order valence-electron chi connectivity index (χ2n) is 5.56. The van der Waals surface area contributed by atoms with E-state index in [1.54, 1.807) is 0 Å². The molecule has 0 radical (unpaired) electrons. The van der Waals surface area contributed by atoms with Crippen molar-refractivity contribution in [1.29, 1.82) is 0 Å². The van der Waals surface area contributed by atoms with Crippen molar-refractivity contribution in [2.24, 2.45) is 0 Å². The van der Waals surface area contributed by atoms with Crippen LogP contribution in [-0.2, 0) is 11.2 Å². The third kappa shape index (κ3) is 6.06. The fourth-order valence-corrected chi connectivity index (χ4v) is 2.00. The van der Waals surface area contributed by atoms with Crippen LogP contribution in [0.4, 0.5) is 0 Å². The molecule has 0 amide bonds. The Balaban J connectivity index is 2.53. The fraction of sp³-hybridized carbons (Fsp3) is 0.562. The summed E-state index contributed by atoms with van der Waals surface area (Å²) in [5.74, 6) is 0.0531. The first-order valence-corrected chi connectivity index (χ1v) is 7.13. The van der Waals surface area contributed by atoms with Gasteiger partial charge in [-0.2, -0.15) is 0 Å². The Labute approximate surface area is 121 Å². The van der Waals surface area contributed by atoms with Crippen molar-refractivity contribution in [2.45, 2.75) is 58.7 Å². The van der Waals surface area contributed by atoms with Gasteiger partial charge in [0.2, 0.25) is 0 Å². The van der Waals surface area contributed by atoms with Crippen LogP contribution in [0.5, 0.6) is 5.75 Å². The molecule has 0 aliphatic heterocycles. The Morgan fingerprint density at radius 3 is 2.25 bits per heavy atom. The lowest BCUT2D eigenvalue weighted by atomic mass is 10.0. The molecule has 4 heteroatoms. The SMILES string of the molecule is CC(C)N[C@H](CCc1ccc(OC(C)C)cc1)C(=O)O. The van der Waals surface area contributed by atoms with Gasteiger partial charge in [0.1, 0.15) is 11.8 Å². The highest BCUT2D eigenvalue weighted by Gasteiger charge is 2.17. The largest absolute Gasteiger partial charge is 0.491 e. The van der Waals surface area contributed by atoms with Crippen LogP contribution in [0, 0.1) is 0 Å². The van der Waals surface area contributed by atoms with Gasteiger partial charge in [-0.05, 0) is 44.4 Å². The molecule has 0 saturated heterocycles. The molecule has 0 aliphatic carbocycles. The number of aryl methyl sites for hydroxylation is 1. The second-order valence-corrected chi connectivity index (χ2v) is 5.56. The molecule has 2 N–H and O–H groups in total. The highest BCUT2D eigenvalue weighted by atomic mass is 16.5. The number of ether oxygens (including phenoxy) is 1. The first-order valence-electron chi connectivity index (χ1n) is 7.13. The Morgan fingerprint density at radius 1 is 1.20 bits per heavy atom. The van der Waals surface area contributed by atoms with Crippen LogP contribution in [0.1, 0.15) is 39.7 Å². The summed E-state index contributed by atoms with van der Waals surface area (Å²) in [7, 11) is 0. The summed E-state index contributed by atoms with van der Waals surface area (Å²) in [6.45, 7) is 7.88. The van der Waals surface area contributed by atoms with Gasteiger partial charge in [-0.15, -0.1) is 0 Å². The smallest absolute Gasteiger partial charge is 0.320 e. The molecule has 0 heterocycles. The van der Waals surface area contributed by atoms with E-state index in [2.05, 4.69) is 5.32 Å². The first-order chi connectivity index (χ1) is 9.38. The highest BCUT2D eigenvalue weighted by molar-refractivity contribution is 5.73. The summed E-state index contributed by atoms with van der Waals surface area (Å²) >= 11 is 0. The number of carbonyl (C=O) groups is 1. The van der Waals surface area contributed by atoms with E-state index in [4.69, 9.17) is 9.84 Å². The average molecular weight is 279 g/mol. The van der Waals surface area contributed by atoms with Crippen molar-refractivity contribution in [3.05, 3.63) is 29.8 Å². The number of nitrogens with one attached hydrogen (secondary N) is 1. The normalized spacial score (nSPS) is 12.7. The van der Waals surface area contributed by atoms with Crippen LogP contribution in [0.2, 0.25) is 0 Å². The Bertz CT molecular complexity index is 412. The molecule has 1 aromatic carbocycles. The Morgan fingerprint density at radius 2 is 1.80 bits per heavy atom. The minimum absolute atomic E-state index is 0.160. The summed E-state index contributed by atoms with van der Waals surface area (Å²) in [4.78, 5) is 11.1. The van der Waals surface area contributed by atoms with Crippen LogP contribution in [0.3, 0.4) is 0 Å². The number of carboxylic acid groups (broad SMARTS) is 1. The zero-order valence-corrected chi connectivity index (χ0v) is 12.7. The van der Waals surface area contributed by atoms with Gasteiger partial charge in [0.15, 0.2) is 0 Å². The zero-order valence-electron chi connectivity index (χ0n) is 12.7. The molecule has 1 rings (SSSR count). The number of rotatable bonds is 8. The summed E-state index contributed by atoms with van der Waals surface area (Å²) in [5.41, 5.74) is 1.12. The monoisotopic (exact) mass is 279 g/mol. The van der Waals surface area contributed by atoms with Crippen LogP contribution in [-0.4, -0.2) is 29.3 Å². The van der Waals surface area contributed by atoms with Gasteiger partial charge in [-0.3, -0.25) is 4.79 Å². The highest BCUT2D eigenvalue weighted by Crippen LogP contribution is 2.15. The quantitative estimate of drug-likeness (QED) is 0.768. The van der Waals surface area contributed by atoms with E-state index in [1.807, 2.05) is 52.0 Å². The van der Waals surface area contributed by atoms with Crippen molar-refractivity contribution in [3.63, 3.8) is 0 Å². The van der Waals surface area contributed by atoms with Gasteiger partial charge in [0.05, 0.1) is 6.10 Å². The summed E-state index contributed by atoms with van der Waals surface area (Å²) in [6, 6.07) is 7.51. The molecule has 0 saturated carbocycles. The molecule has 1 atom stereocenters. The number of aliphatic carboxylic acids is 1.